The van der Waals surface area contributed by atoms with E-state index in [1.807, 2.05) is 6.92 Å². The van der Waals surface area contributed by atoms with Gasteiger partial charge < -0.3 is 9.90 Å². The van der Waals surface area contributed by atoms with Crippen molar-refractivity contribution in [2.45, 2.75) is 19.8 Å². The van der Waals surface area contributed by atoms with Gasteiger partial charge in [0, 0.05) is 0 Å². The van der Waals surface area contributed by atoms with Crippen LogP contribution in [0.2, 0.25) is 0 Å². The molecule has 0 aromatic heterocycles. The summed E-state index contributed by atoms with van der Waals surface area (Å²) in [4.78, 5) is 14.0. The zero-order valence-electron chi connectivity index (χ0n) is 5.35. The smallest absolute Gasteiger partial charge is 0.159 e. The molecule has 1 amide bonds. The third kappa shape index (κ3) is 7.23. The van der Waals surface area contributed by atoms with E-state index in [0.29, 0.717) is 6.61 Å². The molecule has 0 rings (SSSR count). The van der Waals surface area contributed by atoms with Crippen LogP contribution in [0, 0.1) is 0 Å². The SMILES string of the molecule is CCCCONC(=O)[O-]. The average molecular weight is 132 g/mol. The van der Waals surface area contributed by atoms with Crippen molar-refractivity contribution in [3.05, 3.63) is 0 Å². The molecule has 0 heterocycles. The monoisotopic (exact) mass is 132 g/mol. The zero-order chi connectivity index (χ0) is 7.11. The molecule has 0 bridgehead atoms. The number of rotatable bonds is 4. The Hall–Kier alpha value is -0.770. The molecular weight excluding hydrogens is 122 g/mol. The number of carboxylic acid groups (broad SMARTS) is 1. The van der Waals surface area contributed by atoms with E-state index < -0.39 is 6.09 Å². The second-order valence-electron chi connectivity index (χ2n) is 1.59. The number of hydrogen-bond acceptors (Lipinski definition) is 3. The van der Waals surface area contributed by atoms with Gasteiger partial charge in [-0.15, -0.1) is 0 Å². The summed E-state index contributed by atoms with van der Waals surface area (Å²) in [6.07, 6.45) is 0.431. The first kappa shape index (κ1) is 8.23. The van der Waals surface area contributed by atoms with Gasteiger partial charge in [0.1, 0.15) is 0 Å². The fraction of sp³-hybridized carbons (Fsp3) is 0.800. The molecule has 4 heteroatoms. The van der Waals surface area contributed by atoms with E-state index >= 15 is 0 Å². The molecule has 0 aliphatic heterocycles. The average Bonchev–Trinajstić information content (AvgIpc) is 1.80. The molecule has 54 valence electrons. The minimum Gasteiger partial charge on any atom is -0.528 e. The minimum absolute atomic E-state index is 0.407. The van der Waals surface area contributed by atoms with E-state index in [-0.39, 0.29) is 0 Å². The number of nitrogens with one attached hydrogen (secondary N) is 1. The van der Waals surface area contributed by atoms with Gasteiger partial charge in [-0.25, -0.2) is 0 Å². The van der Waals surface area contributed by atoms with E-state index in [4.69, 9.17) is 0 Å². The van der Waals surface area contributed by atoms with Crippen LogP contribution >= 0.6 is 0 Å². The molecule has 9 heavy (non-hydrogen) atoms. The van der Waals surface area contributed by atoms with Crippen LogP contribution in [0.5, 0.6) is 0 Å². The summed E-state index contributed by atoms with van der Waals surface area (Å²) in [6.45, 7) is 2.40. The number of unbranched alkanes of at least 4 members (excludes halogenated alkanes) is 1. The summed E-state index contributed by atoms with van der Waals surface area (Å²) in [6, 6.07) is 0. The lowest BCUT2D eigenvalue weighted by atomic mass is 10.4. The predicted octanol–water partition coefficient (Wildman–Crippen LogP) is -0.349. The van der Waals surface area contributed by atoms with Crippen LogP contribution in [0.4, 0.5) is 4.79 Å². The summed E-state index contributed by atoms with van der Waals surface area (Å²) in [5.41, 5.74) is 1.69. The largest absolute Gasteiger partial charge is 0.528 e. The number of amides is 1. The summed E-state index contributed by atoms with van der Waals surface area (Å²) < 4.78 is 0. The first-order valence-corrected chi connectivity index (χ1v) is 2.86. The molecule has 0 saturated heterocycles. The molecular formula is C5H10NO3-. The first-order valence-electron chi connectivity index (χ1n) is 2.86. The maximum absolute atomic E-state index is 9.62. The van der Waals surface area contributed by atoms with Crippen LogP contribution in [0.25, 0.3) is 0 Å². The van der Waals surface area contributed by atoms with Crippen LogP contribution < -0.4 is 10.6 Å². The van der Waals surface area contributed by atoms with Crippen LogP contribution in [0.3, 0.4) is 0 Å². The molecule has 0 aliphatic carbocycles. The van der Waals surface area contributed by atoms with Crippen molar-refractivity contribution in [1.29, 1.82) is 0 Å². The molecule has 0 unspecified atom stereocenters. The van der Waals surface area contributed by atoms with E-state index in [1.165, 1.54) is 0 Å². The van der Waals surface area contributed by atoms with Crippen molar-refractivity contribution >= 4 is 6.09 Å². The quantitative estimate of drug-likeness (QED) is 0.420. The van der Waals surface area contributed by atoms with Gasteiger partial charge in [0.25, 0.3) is 0 Å². The molecule has 0 saturated carbocycles. The van der Waals surface area contributed by atoms with E-state index in [2.05, 4.69) is 4.84 Å². The topological polar surface area (TPSA) is 61.4 Å². The Labute approximate surface area is 53.8 Å². The highest BCUT2D eigenvalue weighted by atomic mass is 16.7. The van der Waals surface area contributed by atoms with Crippen LogP contribution in [-0.2, 0) is 4.84 Å². The minimum atomic E-state index is -1.40. The van der Waals surface area contributed by atoms with Gasteiger partial charge in [-0.05, 0) is 6.42 Å². The van der Waals surface area contributed by atoms with Crippen LogP contribution in [0.1, 0.15) is 19.8 Å². The Morgan fingerprint density at radius 3 is 2.89 bits per heavy atom. The summed E-state index contributed by atoms with van der Waals surface area (Å²) >= 11 is 0. The van der Waals surface area contributed by atoms with Gasteiger partial charge in [-0.2, -0.15) is 0 Å². The Morgan fingerprint density at radius 2 is 2.44 bits per heavy atom. The number of carbonyl (C=O) groups excluding carboxylic acids is 1. The lowest BCUT2D eigenvalue weighted by Gasteiger charge is -2.04. The maximum Gasteiger partial charge on any atom is 0.159 e. The van der Waals surface area contributed by atoms with Crippen molar-refractivity contribution < 1.29 is 14.7 Å². The highest BCUT2D eigenvalue weighted by Crippen LogP contribution is 1.83. The third-order valence-corrected chi connectivity index (χ3v) is 0.755. The Kier molecular flexibility index (Phi) is 4.91. The second-order valence-corrected chi connectivity index (χ2v) is 1.59. The first-order chi connectivity index (χ1) is 4.27. The van der Waals surface area contributed by atoms with Gasteiger partial charge in [0.2, 0.25) is 0 Å². The van der Waals surface area contributed by atoms with Gasteiger partial charge in [-0.3, -0.25) is 10.3 Å². The highest BCUT2D eigenvalue weighted by Gasteiger charge is 1.83. The van der Waals surface area contributed by atoms with Crippen LogP contribution in [0.15, 0.2) is 0 Å². The second kappa shape index (κ2) is 5.37. The Bertz CT molecular complexity index is 84.3. The molecule has 0 aliphatic rings. The maximum atomic E-state index is 9.62. The molecule has 0 aromatic carbocycles. The van der Waals surface area contributed by atoms with Crippen molar-refractivity contribution in [3.8, 4) is 0 Å². The lowest BCUT2D eigenvalue weighted by molar-refractivity contribution is -0.263. The molecule has 1 N–H and O–H groups in total. The molecule has 4 nitrogen and oxygen atoms in total. The molecule has 0 radical (unpaired) electrons. The van der Waals surface area contributed by atoms with Gasteiger partial charge in [-0.1, -0.05) is 13.3 Å². The number of hydrogen-bond donors (Lipinski definition) is 1. The summed E-state index contributed by atoms with van der Waals surface area (Å²) in [5, 5.41) is 9.62. The van der Waals surface area contributed by atoms with Gasteiger partial charge >= 0.3 is 0 Å². The van der Waals surface area contributed by atoms with Crippen molar-refractivity contribution in [2.75, 3.05) is 6.61 Å². The van der Waals surface area contributed by atoms with Crippen LogP contribution in [-0.4, -0.2) is 12.7 Å². The molecule has 0 aromatic rings. The fourth-order valence-corrected chi connectivity index (χ4v) is 0.326. The predicted molar refractivity (Wildman–Crippen MR) is 29.4 cm³/mol. The van der Waals surface area contributed by atoms with Gasteiger partial charge in [0.15, 0.2) is 6.09 Å². The molecule has 0 fully saturated rings. The number of hydroxylamine groups is 1. The zero-order valence-corrected chi connectivity index (χ0v) is 5.35. The van der Waals surface area contributed by atoms with E-state index in [1.54, 1.807) is 5.48 Å². The van der Waals surface area contributed by atoms with Gasteiger partial charge in [0.05, 0.1) is 6.61 Å². The third-order valence-electron chi connectivity index (χ3n) is 0.755. The lowest BCUT2D eigenvalue weighted by Crippen LogP contribution is -2.36. The molecule has 0 spiro atoms. The summed E-state index contributed by atoms with van der Waals surface area (Å²) in [7, 11) is 0. The summed E-state index contributed by atoms with van der Waals surface area (Å²) in [5.74, 6) is 0. The van der Waals surface area contributed by atoms with E-state index in [0.717, 1.165) is 12.8 Å². The standard InChI is InChI=1S/C5H11NO3/c1-2-3-4-9-6-5(7)8/h6H,2-4H2,1H3,(H,7,8)/p-1. The van der Waals surface area contributed by atoms with Crippen molar-refractivity contribution in [2.24, 2.45) is 0 Å². The van der Waals surface area contributed by atoms with Crippen molar-refractivity contribution in [3.63, 3.8) is 0 Å². The Balaban J connectivity index is 2.83. The normalized spacial score (nSPS) is 9.00. The fourth-order valence-electron chi connectivity index (χ4n) is 0.326. The number of carbonyl (C=O) groups is 1. The molecule has 0 atom stereocenters. The highest BCUT2D eigenvalue weighted by molar-refractivity contribution is 5.60. The Morgan fingerprint density at radius 1 is 1.78 bits per heavy atom. The van der Waals surface area contributed by atoms with Crippen molar-refractivity contribution in [1.82, 2.24) is 5.48 Å². The van der Waals surface area contributed by atoms with E-state index in [9.17, 15) is 9.90 Å².